The quantitative estimate of drug-likeness (QED) is 0.759. The molecule has 0 saturated carbocycles. The summed E-state index contributed by atoms with van der Waals surface area (Å²) in [5.41, 5.74) is 0.893. The summed E-state index contributed by atoms with van der Waals surface area (Å²) in [7, 11) is 0. The largest absolute Gasteiger partial charge is 0.209 e. The number of aromatic nitrogens is 2. The Bertz CT molecular complexity index is 472. The van der Waals surface area contributed by atoms with Crippen LogP contribution >= 0.6 is 55.0 Å². The van der Waals surface area contributed by atoms with Gasteiger partial charge in [0.25, 0.3) is 0 Å². The van der Waals surface area contributed by atoms with Crippen LogP contribution in [0.4, 0.5) is 0 Å². The van der Waals surface area contributed by atoms with Crippen molar-refractivity contribution < 1.29 is 0 Å². The smallest absolute Gasteiger partial charge is 0.209 e. The van der Waals surface area contributed by atoms with Crippen LogP contribution in [0.3, 0.4) is 0 Å². The highest BCUT2D eigenvalue weighted by molar-refractivity contribution is 9.10. The van der Waals surface area contributed by atoms with Crippen molar-refractivity contribution in [3.8, 4) is 10.6 Å². The summed E-state index contributed by atoms with van der Waals surface area (Å²) >= 11 is 13.9. The molecule has 1 aromatic carbocycles. The summed E-state index contributed by atoms with van der Waals surface area (Å²) in [6.07, 6.45) is 0. The van der Waals surface area contributed by atoms with Gasteiger partial charge in [-0.3, -0.25) is 0 Å². The average molecular weight is 354 g/mol. The van der Waals surface area contributed by atoms with E-state index in [0.29, 0.717) is 9.76 Å². The second-order valence-electron chi connectivity index (χ2n) is 2.49. The average Bonchev–Trinajstić information content (AvgIpc) is 2.56. The normalized spacial score (nSPS) is 10.5. The van der Waals surface area contributed by atoms with Gasteiger partial charge in [0.05, 0.1) is 5.02 Å². The highest BCUT2D eigenvalue weighted by Gasteiger charge is 2.08. The molecule has 1 aromatic heterocycles. The molecule has 14 heavy (non-hydrogen) atoms. The molecule has 0 unspecified atom stereocenters. The third-order valence-corrected chi connectivity index (χ3v) is 3.72. The topological polar surface area (TPSA) is 25.8 Å². The highest BCUT2D eigenvalue weighted by atomic mass is 79.9. The lowest BCUT2D eigenvalue weighted by molar-refractivity contribution is 1.26. The first-order valence-electron chi connectivity index (χ1n) is 3.61. The summed E-state index contributed by atoms with van der Waals surface area (Å²) in [4.78, 5) is 4.20. The Balaban J connectivity index is 2.55. The monoisotopic (exact) mass is 352 g/mol. The van der Waals surface area contributed by atoms with E-state index < -0.39 is 0 Å². The van der Waals surface area contributed by atoms with Gasteiger partial charge in [0.15, 0.2) is 0 Å². The fourth-order valence-electron chi connectivity index (χ4n) is 0.976. The van der Waals surface area contributed by atoms with Gasteiger partial charge in [0.2, 0.25) is 4.73 Å². The number of benzene rings is 1. The van der Waals surface area contributed by atoms with E-state index in [2.05, 4.69) is 41.2 Å². The standard InChI is InChI=1S/C8H3Br2ClN2S/c9-4-1-2-6(11)5(3-4)7-12-8(10)13-14-7/h1-3H. The highest BCUT2D eigenvalue weighted by Crippen LogP contribution is 2.32. The van der Waals surface area contributed by atoms with Crippen molar-refractivity contribution in [3.63, 3.8) is 0 Å². The summed E-state index contributed by atoms with van der Waals surface area (Å²) < 4.78 is 5.60. The second-order valence-corrected chi connectivity index (χ2v) is 5.28. The lowest BCUT2D eigenvalue weighted by atomic mass is 10.2. The van der Waals surface area contributed by atoms with Crippen molar-refractivity contribution >= 4 is 55.0 Å². The zero-order valence-electron chi connectivity index (χ0n) is 6.67. The minimum absolute atomic E-state index is 0.591. The predicted octanol–water partition coefficient (Wildman–Crippen LogP) is 4.38. The van der Waals surface area contributed by atoms with Gasteiger partial charge in [-0.2, -0.15) is 4.37 Å². The SMILES string of the molecule is Clc1ccc(Br)cc1-c1nc(Br)ns1. The summed E-state index contributed by atoms with van der Waals surface area (Å²) in [5, 5.41) is 1.49. The van der Waals surface area contributed by atoms with Crippen molar-refractivity contribution in [1.29, 1.82) is 0 Å². The zero-order chi connectivity index (χ0) is 10.1. The lowest BCUT2D eigenvalue weighted by Gasteiger charge is -1.99. The van der Waals surface area contributed by atoms with Gasteiger partial charge in [0, 0.05) is 10.0 Å². The van der Waals surface area contributed by atoms with Crippen LogP contribution in [0, 0.1) is 0 Å². The first-order chi connectivity index (χ1) is 6.66. The number of hydrogen-bond donors (Lipinski definition) is 0. The second kappa shape index (κ2) is 4.26. The summed E-state index contributed by atoms with van der Waals surface area (Å²) in [6, 6.07) is 5.65. The van der Waals surface area contributed by atoms with Crippen molar-refractivity contribution in [2.24, 2.45) is 0 Å². The fraction of sp³-hybridized carbons (Fsp3) is 0. The molecule has 0 spiro atoms. The maximum Gasteiger partial charge on any atom is 0.209 e. The van der Waals surface area contributed by atoms with Crippen LogP contribution in [-0.4, -0.2) is 9.36 Å². The van der Waals surface area contributed by atoms with Crippen LogP contribution in [0.5, 0.6) is 0 Å². The maximum absolute atomic E-state index is 6.04. The van der Waals surface area contributed by atoms with E-state index in [9.17, 15) is 0 Å². The van der Waals surface area contributed by atoms with Crippen molar-refractivity contribution in [2.45, 2.75) is 0 Å². The summed E-state index contributed by atoms with van der Waals surface area (Å²) in [5.74, 6) is 0. The molecule has 0 radical (unpaired) electrons. The van der Waals surface area contributed by atoms with Crippen LogP contribution in [0.15, 0.2) is 27.4 Å². The molecule has 0 fully saturated rings. The molecule has 0 amide bonds. The molecular formula is C8H3Br2ClN2S. The van der Waals surface area contributed by atoms with Crippen LogP contribution in [0.1, 0.15) is 0 Å². The van der Waals surface area contributed by atoms with Gasteiger partial charge >= 0.3 is 0 Å². The van der Waals surface area contributed by atoms with Crippen LogP contribution in [0.2, 0.25) is 5.02 Å². The summed E-state index contributed by atoms with van der Waals surface area (Å²) in [6.45, 7) is 0. The van der Waals surface area contributed by atoms with Crippen LogP contribution in [-0.2, 0) is 0 Å². The molecule has 2 rings (SSSR count). The van der Waals surface area contributed by atoms with E-state index in [1.165, 1.54) is 11.5 Å². The fourth-order valence-corrected chi connectivity index (χ4v) is 2.71. The number of nitrogens with zero attached hydrogens (tertiary/aromatic N) is 2. The van der Waals surface area contributed by atoms with Crippen molar-refractivity contribution in [2.75, 3.05) is 0 Å². The molecule has 72 valence electrons. The Morgan fingerprint density at radius 1 is 1.29 bits per heavy atom. The lowest BCUT2D eigenvalue weighted by Crippen LogP contribution is -1.78. The molecule has 0 aliphatic rings. The van der Waals surface area contributed by atoms with Gasteiger partial charge in [-0.15, -0.1) is 0 Å². The Hall–Kier alpha value is 0.0300. The minimum atomic E-state index is 0.591. The van der Waals surface area contributed by atoms with E-state index >= 15 is 0 Å². The number of halogens is 3. The zero-order valence-corrected chi connectivity index (χ0v) is 11.4. The molecule has 0 N–H and O–H groups in total. The van der Waals surface area contributed by atoms with E-state index in [4.69, 9.17) is 11.6 Å². The third-order valence-electron chi connectivity index (χ3n) is 1.56. The molecule has 0 bridgehead atoms. The van der Waals surface area contributed by atoms with E-state index in [1.807, 2.05) is 18.2 Å². The van der Waals surface area contributed by atoms with Crippen molar-refractivity contribution in [3.05, 3.63) is 32.4 Å². The van der Waals surface area contributed by atoms with Gasteiger partial charge < -0.3 is 0 Å². The first-order valence-corrected chi connectivity index (χ1v) is 6.35. The Morgan fingerprint density at radius 3 is 2.71 bits per heavy atom. The Morgan fingerprint density at radius 2 is 2.07 bits per heavy atom. The maximum atomic E-state index is 6.04. The molecule has 1 heterocycles. The molecular weight excluding hydrogens is 351 g/mol. The van der Waals surface area contributed by atoms with Gasteiger partial charge in [-0.05, 0) is 45.7 Å². The van der Waals surface area contributed by atoms with Crippen LogP contribution in [0.25, 0.3) is 10.6 Å². The number of hydrogen-bond acceptors (Lipinski definition) is 3. The number of rotatable bonds is 1. The molecule has 2 aromatic rings. The third kappa shape index (κ3) is 2.16. The van der Waals surface area contributed by atoms with Crippen LogP contribution < -0.4 is 0 Å². The van der Waals surface area contributed by atoms with E-state index in [0.717, 1.165) is 15.0 Å². The first kappa shape index (κ1) is 10.5. The predicted molar refractivity (Wildman–Crippen MR) is 65.8 cm³/mol. The molecule has 0 aliphatic heterocycles. The minimum Gasteiger partial charge on any atom is -0.209 e. The molecule has 2 nitrogen and oxygen atoms in total. The van der Waals surface area contributed by atoms with Crippen molar-refractivity contribution in [1.82, 2.24) is 9.36 Å². The Kier molecular flexibility index (Phi) is 3.21. The molecule has 0 saturated heterocycles. The van der Waals surface area contributed by atoms with Gasteiger partial charge in [-0.25, -0.2) is 4.98 Å². The Labute approximate surface area is 107 Å². The molecule has 6 heteroatoms. The van der Waals surface area contributed by atoms with Gasteiger partial charge in [-0.1, -0.05) is 27.5 Å². The molecule has 0 atom stereocenters. The molecule has 0 aliphatic carbocycles. The van der Waals surface area contributed by atoms with Gasteiger partial charge in [0.1, 0.15) is 5.01 Å². The van der Waals surface area contributed by atoms with E-state index in [1.54, 1.807) is 0 Å². The van der Waals surface area contributed by atoms with E-state index in [-0.39, 0.29) is 0 Å².